The molecule has 1 N–H and O–H groups in total. The van der Waals surface area contributed by atoms with Crippen LogP contribution < -0.4 is 5.32 Å². The molecule has 1 heteroatoms. The summed E-state index contributed by atoms with van der Waals surface area (Å²) >= 11 is 0. The Morgan fingerprint density at radius 1 is 1.05 bits per heavy atom. The average molecular weight is 265 g/mol. The van der Waals surface area contributed by atoms with Crippen molar-refractivity contribution in [1.82, 2.24) is 5.32 Å². The van der Waals surface area contributed by atoms with Crippen LogP contribution in [0.3, 0.4) is 0 Å². The van der Waals surface area contributed by atoms with E-state index in [1.807, 2.05) is 0 Å². The van der Waals surface area contributed by atoms with E-state index in [0.29, 0.717) is 11.5 Å². The van der Waals surface area contributed by atoms with Gasteiger partial charge in [-0.25, -0.2) is 0 Å². The highest BCUT2D eigenvalue weighted by Crippen LogP contribution is 2.49. The molecule has 0 aromatic heterocycles. The average Bonchev–Trinajstić information content (AvgIpc) is 2.23. The molecule has 1 nitrogen and oxygen atoms in total. The summed E-state index contributed by atoms with van der Waals surface area (Å²) in [4.78, 5) is 0. The number of hydrogen-bond donors (Lipinski definition) is 1. The van der Waals surface area contributed by atoms with E-state index in [-0.39, 0.29) is 0 Å². The van der Waals surface area contributed by atoms with E-state index in [1.54, 1.807) is 0 Å². The van der Waals surface area contributed by atoms with E-state index in [0.717, 1.165) is 23.7 Å². The lowest BCUT2D eigenvalue weighted by Crippen LogP contribution is -2.42. The molecule has 0 radical (unpaired) electrons. The fourth-order valence-corrected chi connectivity index (χ4v) is 4.14. The molecular formula is C18H35N. The summed E-state index contributed by atoms with van der Waals surface area (Å²) in [6, 6.07) is 0.641. The summed E-state index contributed by atoms with van der Waals surface area (Å²) in [5.41, 5.74) is 0.512. The summed E-state index contributed by atoms with van der Waals surface area (Å²) in [5.74, 6) is 3.97. The topological polar surface area (TPSA) is 12.0 Å². The maximum absolute atomic E-state index is 3.70. The maximum atomic E-state index is 3.70. The molecular weight excluding hydrogens is 230 g/mol. The lowest BCUT2D eigenvalue weighted by atomic mass is 9.59. The summed E-state index contributed by atoms with van der Waals surface area (Å²) < 4.78 is 0. The molecule has 3 unspecified atom stereocenters. The van der Waals surface area contributed by atoms with Gasteiger partial charge in [-0.05, 0) is 54.9 Å². The van der Waals surface area contributed by atoms with Crippen molar-refractivity contribution >= 4 is 0 Å². The molecule has 2 fully saturated rings. The van der Waals surface area contributed by atoms with Crippen molar-refractivity contribution in [3.63, 3.8) is 0 Å². The van der Waals surface area contributed by atoms with Crippen molar-refractivity contribution in [2.24, 2.45) is 29.1 Å². The van der Waals surface area contributed by atoms with Crippen LogP contribution in [0, 0.1) is 29.1 Å². The van der Waals surface area contributed by atoms with Crippen LogP contribution >= 0.6 is 0 Å². The Morgan fingerprint density at radius 3 is 2.21 bits per heavy atom. The monoisotopic (exact) mass is 265 g/mol. The van der Waals surface area contributed by atoms with E-state index < -0.39 is 0 Å². The van der Waals surface area contributed by atoms with Gasteiger partial charge in [0.25, 0.3) is 0 Å². The van der Waals surface area contributed by atoms with Gasteiger partial charge < -0.3 is 5.32 Å². The van der Waals surface area contributed by atoms with Gasteiger partial charge in [0.2, 0.25) is 0 Å². The molecule has 0 saturated heterocycles. The standard InChI is InChI=1S/C18H35N/c1-13(2)19-12-15-9-10-16(18(3,4)5)11-17(15)14-7-6-8-14/h13-17,19H,6-12H2,1-5H3. The minimum Gasteiger partial charge on any atom is -0.314 e. The lowest BCUT2D eigenvalue weighted by molar-refractivity contribution is 0.0356. The molecule has 0 aromatic rings. The Balaban J connectivity index is 1.95. The van der Waals surface area contributed by atoms with Crippen molar-refractivity contribution in [3.05, 3.63) is 0 Å². The van der Waals surface area contributed by atoms with Gasteiger partial charge >= 0.3 is 0 Å². The first-order chi connectivity index (χ1) is 8.88. The predicted molar refractivity (Wildman–Crippen MR) is 84.3 cm³/mol. The Kier molecular flexibility index (Phi) is 4.98. The van der Waals surface area contributed by atoms with Crippen LogP contribution in [0.2, 0.25) is 0 Å². The van der Waals surface area contributed by atoms with E-state index >= 15 is 0 Å². The van der Waals surface area contributed by atoms with Crippen molar-refractivity contribution in [2.75, 3.05) is 6.54 Å². The second-order valence-corrected chi connectivity index (χ2v) is 8.55. The minimum atomic E-state index is 0.512. The van der Waals surface area contributed by atoms with Gasteiger partial charge in [0.1, 0.15) is 0 Å². The molecule has 0 heterocycles. The van der Waals surface area contributed by atoms with E-state index in [4.69, 9.17) is 0 Å². The van der Waals surface area contributed by atoms with Crippen molar-refractivity contribution in [3.8, 4) is 0 Å². The fraction of sp³-hybridized carbons (Fsp3) is 1.00. The zero-order valence-electron chi connectivity index (χ0n) is 13.8. The third-order valence-corrected chi connectivity index (χ3v) is 5.82. The number of rotatable bonds is 4. The van der Waals surface area contributed by atoms with Gasteiger partial charge in [-0.15, -0.1) is 0 Å². The first kappa shape index (κ1) is 15.4. The highest BCUT2D eigenvalue weighted by molar-refractivity contribution is 4.91. The van der Waals surface area contributed by atoms with Crippen LogP contribution in [-0.2, 0) is 0 Å². The molecule has 0 spiro atoms. The Labute approximate surface area is 120 Å². The molecule has 2 aliphatic rings. The van der Waals surface area contributed by atoms with Gasteiger partial charge in [0.05, 0.1) is 0 Å². The summed E-state index contributed by atoms with van der Waals surface area (Å²) in [7, 11) is 0. The highest BCUT2D eigenvalue weighted by Gasteiger charge is 2.40. The molecule has 3 atom stereocenters. The van der Waals surface area contributed by atoms with Crippen molar-refractivity contribution in [1.29, 1.82) is 0 Å². The number of nitrogens with one attached hydrogen (secondary N) is 1. The summed E-state index contributed by atoms with van der Waals surface area (Å²) in [6.07, 6.45) is 8.93. The van der Waals surface area contributed by atoms with Crippen molar-refractivity contribution in [2.45, 2.75) is 79.2 Å². The lowest BCUT2D eigenvalue weighted by Gasteiger charge is -2.47. The van der Waals surface area contributed by atoms with Gasteiger partial charge in [-0.2, -0.15) is 0 Å². The Hall–Kier alpha value is -0.0400. The molecule has 19 heavy (non-hydrogen) atoms. The molecule has 2 saturated carbocycles. The quantitative estimate of drug-likeness (QED) is 0.765. The Bertz CT molecular complexity index is 272. The van der Waals surface area contributed by atoms with Gasteiger partial charge in [0, 0.05) is 6.04 Å². The van der Waals surface area contributed by atoms with Gasteiger partial charge in [0.15, 0.2) is 0 Å². The maximum Gasteiger partial charge on any atom is 0.00104 e. The van der Waals surface area contributed by atoms with Crippen LogP contribution in [0.15, 0.2) is 0 Å². The van der Waals surface area contributed by atoms with Crippen LogP contribution in [-0.4, -0.2) is 12.6 Å². The third kappa shape index (κ3) is 3.97. The molecule has 0 amide bonds. The SMILES string of the molecule is CC(C)NCC1CCC(C(C)(C)C)CC1C1CCC1. The second-order valence-electron chi connectivity index (χ2n) is 8.55. The van der Waals surface area contributed by atoms with Crippen LogP contribution in [0.25, 0.3) is 0 Å². The van der Waals surface area contributed by atoms with E-state index in [9.17, 15) is 0 Å². The van der Waals surface area contributed by atoms with Crippen LogP contribution in [0.4, 0.5) is 0 Å². The largest absolute Gasteiger partial charge is 0.314 e. The fourth-order valence-electron chi connectivity index (χ4n) is 4.14. The molecule has 0 aliphatic heterocycles. The van der Waals surface area contributed by atoms with E-state index in [2.05, 4.69) is 39.9 Å². The molecule has 0 aromatic carbocycles. The summed E-state index contributed by atoms with van der Waals surface area (Å²) in [5, 5.41) is 3.70. The summed E-state index contributed by atoms with van der Waals surface area (Å²) in [6.45, 7) is 13.2. The minimum absolute atomic E-state index is 0.512. The van der Waals surface area contributed by atoms with Crippen LogP contribution in [0.5, 0.6) is 0 Å². The zero-order chi connectivity index (χ0) is 14.0. The molecule has 0 bridgehead atoms. The molecule has 2 rings (SSSR count). The zero-order valence-corrected chi connectivity index (χ0v) is 13.8. The van der Waals surface area contributed by atoms with Gasteiger partial charge in [-0.1, -0.05) is 53.9 Å². The van der Waals surface area contributed by atoms with E-state index in [1.165, 1.54) is 45.1 Å². The first-order valence-corrected chi connectivity index (χ1v) is 8.61. The molecule has 2 aliphatic carbocycles. The predicted octanol–water partition coefficient (Wildman–Crippen LogP) is 4.86. The van der Waals surface area contributed by atoms with Crippen LogP contribution in [0.1, 0.15) is 73.1 Å². The first-order valence-electron chi connectivity index (χ1n) is 8.61. The highest BCUT2D eigenvalue weighted by atomic mass is 14.9. The molecule has 112 valence electrons. The van der Waals surface area contributed by atoms with Gasteiger partial charge in [-0.3, -0.25) is 0 Å². The third-order valence-electron chi connectivity index (χ3n) is 5.82. The number of hydrogen-bond acceptors (Lipinski definition) is 1. The second kappa shape index (κ2) is 6.16. The Morgan fingerprint density at radius 2 is 1.74 bits per heavy atom. The smallest absolute Gasteiger partial charge is 0.00104 e. The van der Waals surface area contributed by atoms with Crippen molar-refractivity contribution < 1.29 is 0 Å². The normalized spacial score (nSPS) is 33.5.